The Labute approximate surface area is 103 Å². The summed E-state index contributed by atoms with van der Waals surface area (Å²) in [7, 11) is 0. The van der Waals surface area contributed by atoms with Crippen molar-refractivity contribution in [3.63, 3.8) is 0 Å². The van der Waals surface area contributed by atoms with Gasteiger partial charge in [0.2, 0.25) is 5.91 Å². The summed E-state index contributed by atoms with van der Waals surface area (Å²) in [5.74, 6) is 0.0429. The number of anilines is 1. The van der Waals surface area contributed by atoms with Crippen LogP contribution in [-0.4, -0.2) is 12.5 Å². The smallest absolute Gasteiger partial charge is 0.224 e. The van der Waals surface area contributed by atoms with Gasteiger partial charge in [0, 0.05) is 12.1 Å². The monoisotopic (exact) mass is 242 g/mol. The lowest BCUT2D eigenvalue weighted by Crippen LogP contribution is -2.14. The maximum Gasteiger partial charge on any atom is 0.224 e. The van der Waals surface area contributed by atoms with Crippen LogP contribution < -0.4 is 11.1 Å². The highest BCUT2D eigenvalue weighted by atomic mass is 35.5. The van der Waals surface area contributed by atoms with Crippen molar-refractivity contribution < 1.29 is 4.79 Å². The molecule has 3 nitrogen and oxygen atoms in total. The zero-order valence-electron chi connectivity index (χ0n) is 9.53. The number of nitrogens with one attached hydrogen (secondary N) is 1. The number of carbonyl (C=O) groups is 1. The van der Waals surface area contributed by atoms with Gasteiger partial charge in [0.05, 0.1) is 0 Å². The van der Waals surface area contributed by atoms with Crippen LogP contribution in [0.1, 0.15) is 25.3 Å². The van der Waals surface area contributed by atoms with E-state index in [1.807, 2.05) is 24.3 Å². The molecule has 3 N–H and O–H groups in total. The van der Waals surface area contributed by atoms with Crippen molar-refractivity contribution in [1.82, 2.24) is 0 Å². The first kappa shape index (κ1) is 14.9. The highest BCUT2D eigenvalue weighted by Crippen LogP contribution is 2.15. The number of carbonyl (C=O) groups excluding carboxylic acids is 1. The minimum absolute atomic E-state index is 0. The third-order valence-electron chi connectivity index (χ3n) is 2.28. The maximum atomic E-state index is 11.5. The van der Waals surface area contributed by atoms with Gasteiger partial charge in [-0.25, -0.2) is 0 Å². The summed E-state index contributed by atoms with van der Waals surface area (Å²) in [4.78, 5) is 11.5. The molecule has 0 aliphatic rings. The van der Waals surface area contributed by atoms with Gasteiger partial charge in [-0.3, -0.25) is 4.79 Å². The Morgan fingerprint density at radius 1 is 1.38 bits per heavy atom. The average Bonchev–Trinajstić information content (AvgIpc) is 2.27. The average molecular weight is 243 g/mol. The quantitative estimate of drug-likeness (QED) is 0.833. The molecule has 0 aliphatic carbocycles. The summed E-state index contributed by atoms with van der Waals surface area (Å²) >= 11 is 0. The summed E-state index contributed by atoms with van der Waals surface area (Å²) in [6, 6.07) is 7.86. The van der Waals surface area contributed by atoms with Crippen LogP contribution in [0, 0.1) is 0 Å². The highest BCUT2D eigenvalue weighted by Gasteiger charge is 2.04. The molecule has 1 rings (SSSR count). The predicted octanol–water partition coefficient (Wildman–Crippen LogP) is 2.35. The molecule has 0 aromatic heterocycles. The van der Waals surface area contributed by atoms with Crippen molar-refractivity contribution in [2.45, 2.75) is 26.2 Å². The van der Waals surface area contributed by atoms with E-state index in [9.17, 15) is 4.79 Å². The molecule has 0 atom stereocenters. The number of benzene rings is 1. The molecule has 0 spiro atoms. The molecule has 1 amide bonds. The minimum Gasteiger partial charge on any atom is -0.330 e. The van der Waals surface area contributed by atoms with Gasteiger partial charge in [-0.1, -0.05) is 25.1 Å². The van der Waals surface area contributed by atoms with E-state index in [0.29, 0.717) is 13.0 Å². The van der Waals surface area contributed by atoms with Crippen molar-refractivity contribution >= 4 is 24.0 Å². The van der Waals surface area contributed by atoms with Crippen LogP contribution in [0.15, 0.2) is 24.3 Å². The zero-order valence-corrected chi connectivity index (χ0v) is 10.3. The van der Waals surface area contributed by atoms with Crippen LogP contribution in [0.5, 0.6) is 0 Å². The molecule has 0 saturated heterocycles. The standard InChI is InChI=1S/C12H18N2O.ClH/c1-2-10-6-3-4-7-11(10)14-12(15)8-5-9-13;/h3-4,6-7H,2,5,8-9,13H2,1H3,(H,14,15);1H. The van der Waals surface area contributed by atoms with Crippen molar-refractivity contribution in [1.29, 1.82) is 0 Å². The fraction of sp³-hybridized carbons (Fsp3) is 0.417. The predicted molar refractivity (Wildman–Crippen MR) is 70.0 cm³/mol. The zero-order chi connectivity index (χ0) is 11.1. The second kappa shape index (κ2) is 8.13. The number of hydrogen-bond acceptors (Lipinski definition) is 2. The molecule has 0 fully saturated rings. The van der Waals surface area contributed by atoms with Crippen LogP contribution in [0.25, 0.3) is 0 Å². The number of nitrogens with two attached hydrogens (primary N) is 1. The fourth-order valence-electron chi connectivity index (χ4n) is 1.43. The molecule has 0 heterocycles. The van der Waals surface area contributed by atoms with Crippen molar-refractivity contribution in [3.05, 3.63) is 29.8 Å². The Morgan fingerprint density at radius 3 is 2.69 bits per heavy atom. The topological polar surface area (TPSA) is 55.1 Å². The minimum atomic E-state index is 0. The molecule has 16 heavy (non-hydrogen) atoms. The number of amides is 1. The number of rotatable bonds is 5. The van der Waals surface area contributed by atoms with Crippen molar-refractivity contribution in [2.24, 2.45) is 5.73 Å². The Kier molecular flexibility index (Phi) is 7.60. The first-order valence-corrected chi connectivity index (χ1v) is 5.35. The molecule has 0 aliphatic heterocycles. The third-order valence-corrected chi connectivity index (χ3v) is 2.28. The van der Waals surface area contributed by atoms with Crippen molar-refractivity contribution in [3.8, 4) is 0 Å². The molecule has 1 aromatic carbocycles. The van der Waals surface area contributed by atoms with Gasteiger partial charge in [0.1, 0.15) is 0 Å². The fourth-order valence-corrected chi connectivity index (χ4v) is 1.43. The number of para-hydroxylation sites is 1. The lowest BCUT2D eigenvalue weighted by atomic mass is 10.1. The number of aryl methyl sites for hydroxylation is 1. The summed E-state index contributed by atoms with van der Waals surface area (Å²) in [6.45, 7) is 2.63. The van der Waals surface area contributed by atoms with E-state index in [0.717, 1.165) is 18.5 Å². The molecule has 0 unspecified atom stereocenters. The van der Waals surface area contributed by atoms with E-state index in [4.69, 9.17) is 5.73 Å². The normalized spacial score (nSPS) is 9.38. The van der Waals surface area contributed by atoms with Crippen molar-refractivity contribution in [2.75, 3.05) is 11.9 Å². The molecule has 0 radical (unpaired) electrons. The van der Waals surface area contributed by atoms with Gasteiger partial charge in [0.25, 0.3) is 0 Å². The third kappa shape index (κ3) is 4.64. The van der Waals surface area contributed by atoms with E-state index in [1.165, 1.54) is 5.56 Å². The van der Waals surface area contributed by atoms with Crippen LogP contribution in [0.2, 0.25) is 0 Å². The SMILES string of the molecule is CCc1ccccc1NC(=O)CCCN.Cl. The molecular formula is C12H19ClN2O. The Bertz CT molecular complexity index is 329. The Hall–Kier alpha value is -1.06. The largest absolute Gasteiger partial charge is 0.330 e. The molecule has 0 saturated carbocycles. The molecule has 1 aromatic rings. The van der Waals surface area contributed by atoms with E-state index in [2.05, 4.69) is 12.2 Å². The number of hydrogen-bond donors (Lipinski definition) is 2. The summed E-state index contributed by atoms with van der Waals surface area (Å²) in [6.07, 6.45) is 2.15. The maximum absolute atomic E-state index is 11.5. The number of halogens is 1. The Morgan fingerprint density at radius 2 is 2.06 bits per heavy atom. The molecular weight excluding hydrogens is 224 g/mol. The van der Waals surface area contributed by atoms with E-state index >= 15 is 0 Å². The van der Waals surface area contributed by atoms with Gasteiger partial charge in [0.15, 0.2) is 0 Å². The second-order valence-corrected chi connectivity index (χ2v) is 3.45. The second-order valence-electron chi connectivity index (χ2n) is 3.45. The first-order chi connectivity index (χ1) is 7.27. The van der Waals surface area contributed by atoms with Gasteiger partial charge in [-0.05, 0) is 31.0 Å². The summed E-state index contributed by atoms with van der Waals surface area (Å²) < 4.78 is 0. The lowest BCUT2D eigenvalue weighted by molar-refractivity contribution is -0.116. The van der Waals surface area contributed by atoms with Crippen LogP contribution in [0.3, 0.4) is 0 Å². The molecule has 4 heteroatoms. The summed E-state index contributed by atoms with van der Waals surface area (Å²) in [5, 5.41) is 2.90. The van der Waals surface area contributed by atoms with Crippen LogP contribution >= 0.6 is 12.4 Å². The van der Waals surface area contributed by atoms with Crippen LogP contribution in [0.4, 0.5) is 5.69 Å². The van der Waals surface area contributed by atoms with Gasteiger partial charge < -0.3 is 11.1 Å². The van der Waals surface area contributed by atoms with Crippen LogP contribution in [-0.2, 0) is 11.2 Å². The Balaban J connectivity index is 0.00000225. The molecule has 0 bridgehead atoms. The first-order valence-electron chi connectivity index (χ1n) is 5.35. The van der Waals surface area contributed by atoms with E-state index in [-0.39, 0.29) is 18.3 Å². The van der Waals surface area contributed by atoms with Gasteiger partial charge in [-0.15, -0.1) is 12.4 Å². The molecule has 90 valence electrons. The van der Waals surface area contributed by atoms with Gasteiger partial charge in [-0.2, -0.15) is 0 Å². The highest BCUT2D eigenvalue weighted by molar-refractivity contribution is 5.91. The van der Waals surface area contributed by atoms with Gasteiger partial charge >= 0.3 is 0 Å². The lowest BCUT2D eigenvalue weighted by Gasteiger charge is -2.08. The van der Waals surface area contributed by atoms with E-state index in [1.54, 1.807) is 0 Å². The van der Waals surface area contributed by atoms with E-state index < -0.39 is 0 Å². The summed E-state index contributed by atoms with van der Waals surface area (Å²) in [5.41, 5.74) is 7.43.